The summed E-state index contributed by atoms with van der Waals surface area (Å²) >= 11 is 1.12. The van der Waals surface area contributed by atoms with Crippen LogP contribution in [-0.4, -0.2) is 29.3 Å². The van der Waals surface area contributed by atoms with E-state index in [0.717, 1.165) is 34.6 Å². The summed E-state index contributed by atoms with van der Waals surface area (Å²) in [4.78, 5) is 15.3. The largest absolute Gasteiger partial charge is 0.496 e. The third-order valence-corrected chi connectivity index (χ3v) is 4.18. The molecule has 20 heavy (non-hydrogen) atoms. The smallest absolute Gasteiger partial charge is 0.347 e. The van der Waals surface area contributed by atoms with Gasteiger partial charge in [-0.05, 0) is 19.1 Å². The van der Waals surface area contributed by atoms with E-state index in [0.29, 0.717) is 10.8 Å². The van der Waals surface area contributed by atoms with Gasteiger partial charge in [0.2, 0.25) is 0 Å². The average molecular weight is 291 g/mol. The Morgan fingerprint density at radius 3 is 3.00 bits per heavy atom. The number of carboxylic acid groups (broad SMARTS) is 1. The number of aromatic nitrogens is 1. The molecule has 1 aliphatic rings. The van der Waals surface area contributed by atoms with Crippen molar-refractivity contribution in [3.8, 4) is 22.1 Å². The van der Waals surface area contributed by atoms with Crippen LogP contribution in [0.15, 0.2) is 18.3 Å². The van der Waals surface area contributed by atoms with Crippen LogP contribution in [0.3, 0.4) is 0 Å². The number of aromatic carboxylic acids is 1. The molecule has 0 radical (unpaired) electrons. The highest BCUT2D eigenvalue weighted by Crippen LogP contribution is 2.41. The summed E-state index contributed by atoms with van der Waals surface area (Å²) in [5.74, 6) is 0.534. The van der Waals surface area contributed by atoms with E-state index >= 15 is 0 Å². The number of hydrogen-bond acceptors (Lipinski definition) is 5. The molecule has 1 unspecified atom stereocenters. The number of carbonyl (C=O) groups is 1. The zero-order valence-corrected chi connectivity index (χ0v) is 11.9. The van der Waals surface area contributed by atoms with Crippen LogP contribution in [0.4, 0.5) is 0 Å². The Balaban J connectivity index is 2.08. The molecule has 6 heteroatoms. The number of nitrogens with zero attached hydrogens (tertiary/aromatic N) is 1. The Labute approximate surface area is 119 Å². The zero-order valence-electron chi connectivity index (χ0n) is 11.0. The summed E-state index contributed by atoms with van der Waals surface area (Å²) in [6, 6.07) is 3.82. The monoisotopic (exact) mass is 291 g/mol. The topological polar surface area (TPSA) is 68.7 Å². The van der Waals surface area contributed by atoms with Gasteiger partial charge in [-0.1, -0.05) is 0 Å². The first kappa shape index (κ1) is 12.9. The number of fused-ring (bicyclic) bond motifs is 1. The van der Waals surface area contributed by atoms with Crippen molar-refractivity contribution in [3.05, 3.63) is 28.8 Å². The Morgan fingerprint density at radius 1 is 1.55 bits per heavy atom. The van der Waals surface area contributed by atoms with Crippen LogP contribution in [-0.2, 0) is 6.42 Å². The summed E-state index contributed by atoms with van der Waals surface area (Å²) < 4.78 is 11.1. The van der Waals surface area contributed by atoms with Crippen molar-refractivity contribution in [1.82, 2.24) is 4.98 Å². The number of thiazole rings is 1. The molecule has 1 N–H and O–H groups in total. The predicted octanol–water partition coefficient (Wildman–Crippen LogP) is 2.84. The van der Waals surface area contributed by atoms with E-state index in [1.54, 1.807) is 7.11 Å². The molecule has 0 spiro atoms. The molecular weight excluding hydrogens is 278 g/mol. The quantitative estimate of drug-likeness (QED) is 0.941. The fraction of sp³-hybridized carbons (Fsp3) is 0.286. The summed E-state index contributed by atoms with van der Waals surface area (Å²) in [5.41, 5.74) is 1.87. The fourth-order valence-corrected chi connectivity index (χ4v) is 3.05. The normalized spacial score (nSPS) is 16.6. The van der Waals surface area contributed by atoms with E-state index in [9.17, 15) is 4.79 Å². The highest BCUT2D eigenvalue weighted by atomic mass is 32.1. The van der Waals surface area contributed by atoms with E-state index in [1.165, 1.54) is 6.20 Å². The number of benzene rings is 1. The SMILES string of the molecule is COc1cc2c(cc1-c1ncc(C(=O)O)s1)OC(C)C2. The standard InChI is InChI=1S/C14H13NO4S/c1-7-3-8-4-11(18-2)9(5-10(8)19-7)13-15-6-12(20-13)14(16)17/h4-7H,3H2,1-2H3,(H,16,17). The molecule has 0 amide bonds. The maximum Gasteiger partial charge on any atom is 0.347 e. The molecule has 104 valence electrons. The van der Waals surface area contributed by atoms with Crippen LogP contribution in [0.2, 0.25) is 0 Å². The van der Waals surface area contributed by atoms with Crippen molar-refractivity contribution in [1.29, 1.82) is 0 Å². The van der Waals surface area contributed by atoms with Crippen LogP contribution in [0.1, 0.15) is 22.2 Å². The average Bonchev–Trinajstić information content (AvgIpc) is 3.01. The van der Waals surface area contributed by atoms with Crippen molar-refractivity contribution < 1.29 is 19.4 Å². The minimum atomic E-state index is -0.973. The third-order valence-electron chi connectivity index (χ3n) is 3.17. The first-order valence-corrected chi connectivity index (χ1v) is 6.97. The van der Waals surface area contributed by atoms with Gasteiger partial charge >= 0.3 is 5.97 Å². The minimum absolute atomic E-state index is 0.149. The van der Waals surface area contributed by atoms with Gasteiger partial charge in [0, 0.05) is 12.0 Å². The Hall–Kier alpha value is -2.08. The first-order valence-electron chi connectivity index (χ1n) is 6.15. The molecule has 1 aromatic heterocycles. The van der Waals surface area contributed by atoms with Crippen molar-refractivity contribution in [2.24, 2.45) is 0 Å². The lowest BCUT2D eigenvalue weighted by Crippen LogP contribution is -2.05. The molecular formula is C14H13NO4S. The van der Waals surface area contributed by atoms with E-state index in [4.69, 9.17) is 14.6 Å². The molecule has 5 nitrogen and oxygen atoms in total. The predicted molar refractivity (Wildman–Crippen MR) is 74.9 cm³/mol. The second kappa shape index (κ2) is 4.79. The summed E-state index contributed by atoms with van der Waals surface area (Å²) in [6.45, 7) is 2.01. The van der Waals surface area contributed by atoms with Gasteiger partial charge in [-0.2, -0.15) is 0 Å². The second-order valence-electron chi connectivity index (χ2n) is 4.63. The van der Waals surface area contributed by atoms with Gasteiger partial charge in [0.1, 0.15) is 27.5 Å². The van der Waals surface area contributed by atoms with Gasteiger partial charge in [-0.15, -0.1) is 11.3 Å². The van der Waals surface area contributed by atoms with Crippen molar-refractivity contribution in [2.45, 2.75) is 19.4 Å². The molecule has 0 aliphatic carbocycles. The van der Waals surface area contributed by atoms with Crippen LogP contribution in [0.25, 0.3) is 10.6 Å². The van der Waals surface area contributed by atoms with E-state index in [1.807, 2.05) is 19.1 Å². The molecule has 0 bridgehead atoms. The lowest BCUT2D eigenvalue weighted by Gasteiger charge is -2.09. The van der Waals surface area contributed by atoms with Crippen molar-refractivity contribution in [2.75, 3.05) is 7.11 Å². The van der Waals surface area contributed by atoms with Crippen LogP contribution >= 0.6 is 11.3 Å². The lowest BCUT2D eigenvalue weighted by atomic mass is 10.1. The molecule has 0 saturated heterocycles. The molecule has 3 rings (SSSR count). The number of hydrogen-bond donors (Lipinski definition) is 1. The fourth-order valence-electron chi connectivity index (χ4n) is 2.27. The van der Waals surface area contributed by atoms with Gasteiger partial charge in [0.05, 0.1) is 18.9 Å². The van der Waals surface area contributed by atoms with Gasteiger partial charge in [0.25, 0.3) is 0 Å². The molecule has 1 aromatic carbocycles. The van der Waals surface area contributed by atoms with E-state index < -0.39 is 5.97 Å². The van der Waals surface area contributed by atoms with Crippen molar-refractivity contribution in [3.63, 3.8) is 0 Å². The molecule has 1 atom stereocenters. The summed E-state index contributed by atoms with van der Waals surface area (Å²) in [7, 11) is 1.59. The molecule has 0 fully saturated rings. The number of methoxy groups -OCH3 is 1. The second-order valence-corrected chi connectivity index (χ2v) is 5.66. The maximum absolute atomic E-state index is 10.9. The molecule has 0 saturated carbocycles. The third kappa shape index (κ3) is 2.12. The Bertz CT molecular complexity index is 680. The van der Waals surface area contributed by atoms with Gasteiger partial charge in [-0.25, -0.2) is 9.78 Å². The highest BCUT2D eigenvalue weighted by Gasteiger charge is 2.23. The maximum atomic E-state index is 10.9. The zero-order chi connectivity index (χ0) is 14.3. The van der Waals surface area contributed by atoms with Crippen LogP contribution in [0, 0.1) is 0 Å². The number of ether oxygens (including phenoxy) is 2. The lowest BCUT2D eigenvalue weighted by molar-refractivity contribution is 0.0702. The van der Waals surface area contributed by atoms with E-state index in [2.05, 4.69) is 4.98 Å². The Kier molecular flexibility index (Phi) is 3.10. The minimum Gasteiger partial charge on any atom is -0.496 e. The Morgan fingerprint density at radius 2 is 2.35 bits per heavy atom. The summed E-state index contributed by atoms with van der Waals surface area (Å²) in [5, 5.41) is 9.59. The first-order chi connectivity index (χ1) is 9.58. The van der Waals surface area contributed by atoms with E-state index in [-0.39, 0.29) is 11.0 Å². The molecule has 2 heterocycles. The van der Waals surface area contributed by atoms with Crippen LogP contribution in [0.5, 0.6) is 11.5 Å². The number of carboxylic acids is 1. The number of rotatable bonds is 3. The molecule has 2 aromatic rings. The summed E-state index contributed by atoms with van der Waals surface area (Å²) in [6.07, 6.45) is 2.36. The molecule has 1 aliphatic heterocycles. The van der Waals surface area contributed by atoms with Gasteiger partial charge in [-0.3, -0.25) is 0 Å². The van der Waals surface area contributed by atoms with Crippen molar-refractivity contribution >= 4 is 17.3 Å². The highest BCUT2D eigenvalue weighted by molar-refractivity contribution is 7.16. The van der Waals surface area contributed by atoms with Gasteiger partial charge in [0.15, 0.2) is 0 Å². The van der Waals surface area contributed by atoms with Crippen LogP contribution < -0.4 is 9.47 Å². The van der Waals surface area contributed by atoms with Gasteiger partial charge < -0.3 is 14.6 Å².